The fraction of sp³-hybridized carbons (Fsp3) is 0.368. The fourth-order valence-electron chi connectivity index (χ4n) is 3.39. The zero-order chi connectivity index (χ0) is 17.3. The van der Waals surface area contributed by atoms with E-state index in [1.165, 1.54) is 17.4 Å². The fourth-order valence-corrected chi connectivity index (χ4v) is 4.02. The number of sulfone groups is 1. The third-order valence-electron chi connectivity index (χ3n) is 4.71. The molecule has 0 bridgehead atoms. The van der Waals surface area contributed by atoms with E-state index in [-0.39, 0.29) is 6.04 Å². The SMILES string of the molecule is COc1cccc2c1CC[C@@H]2N[C@H](C)c1ccc(S(C)(=O)=O)cc1. The number of fused-ring (bicyclic) bond motifs is 1. The Morgan fingerprint density at radius 3 is 2.50 bits per heavy atom. The molecule has 0 radical (unpaired) electrons. The van der Waals surface area contributed by atoms with Gasteiger partial charge in [0, 0.05) is 18.3 Å². The summed E-state index contributed by atoms with van der Waals surface area (Å²) in [7, 11) is -1.44. The predicted octanol–water partition coefficient (Wildman–Crippen LogP) is 3.44. The van der Waals surface area contributed by atoms with Crippen LogP contribution in [0.15, 0.2) is 47.4 Å². The van der Waals surface area contributed by atoms with Crippen LogP contribution >= 0.6 is 0 Å². The highest BCUT2D eigenvalue weighted by Gasteiger charge is 2.26. The Labute approximate surface area is 143 Å². The first-order valence-corrected chi connectivity index (χ1v) is 10.0. The third-order valence-corrected chi connectivity index (χ3v) is 5.84. The summed E-state index contributed by atoms with van der Waals surface area (Å²) in [6.07, 6.45) is 3.28. The molecule has 0 saturated carbocycles. The Kier molecular flexibility index (Phi) is 4.65. The molecule has 0 fully saturated rings. The van der Waals surface area contributed by atoms with Gasteiger partial charge in [-0.3, -0.25) is 0 Å². The molecule has 1 aliphatic rings. The molecule has 0 heterocycles. The summed E-state index contributed by atoms with van der Waals surface area (Å²) in [6.45, 7) is 2.10. The first-order valence-electron chi connectivity index (χ1n) is 8.12. The average Bonchev–Trinajstić information content (AvgIpc) is 2.97. The van der Waals surface area contributed by atoms with Crippen LogP contribution in [-0.2, 0) is 16.3 Å². The van der Waals surface area contributed by atoms with Crippen LogP contribution in [0.3, 0.4) is 0 Å². The molecular weight excluding hydrogens is 322 g/mol. The molecule has 0 amide bonds. The lowest BCUT2D eigenvalue weighted by Crippen LogP contribution is -2.23. The Morgan fingerprint density at radius 1 is 1.17 bits per heavy atom. The standard InChI is InChI=1S/C19H23NO3S/c1-13(14-7-9-15(10-8-14)24(3,21)22)20-18-12-11-17-16(18)5-4-6-19(17)23-2/h4-10,13,18,20H,11-12H2,1-3H3/t13-,18+/m1/s1. The van der Waals surface area contributed by atoms with Crippen molar-refractivity contribution in [1.29, 1.82) is 0 Å². The van der Waals surface area contributed by atoms with Gasteiger partial charge in [-0.05, 0) is 54.7 Å². The van der Waals surface area contributed by atoms with Crippen LogP contribution in [0.1, 0.15) is 42.1 Å². The number of ether oxygens (including phenoxy) is 1. The second-order valence-corrected chi connectivity index (χ2v) is 8.36. The second kappa shape index (κ2) is 6.57. The molecule has 2 aromatic rings. The van der Waals surface area contributed by atoms with Crippen molar-refractivity contribution in [3.05, 3.63) is 59.2 Å². The Bertz CT molecular complexity index is 828. The molecule has 4 nitrogen and oxygen atoms in total. The van der Waals surface area contributed by atoms with E-state index in [0.717, 1.165) is 24.2 Å². The molecule has 2 atom stereocenters. The summed E-state index contributed by atoms with van der Waals surface area (Å²) in [5.41, 5.74) is 3.67. The molecule has 3 rings (SSSR count). The van der Waals surface area contributed by atoms with Gasteiger partial charge in [0.15, 0.2) is 9.84 Å². The van der Waals surface area contributed by atoms with Crippen LogP contribution < -0.4 is 10.1 Å². The summed E-state index contributed by atoms with van der Waals surface area (Å²) in [4.78, 5) is 0.356. The normalized spacial score (nSPS) is 18.2. The van der Waals surface area contributed by atoms with E-state index in [1.54, 1.807) is 19.2 Å². The van der Waals surface area contributed by atoms with Gasteiger partial charge in [-0.1, -0.05) is 24.3 Å². The maximum Gasteiger partial charge on any atom is 0.175 e. The van der Waals surface area contributed by atoms with E-state index in [9.17, 15) is 8.42 Å². The molecule has 5 heteroatoms. The highest BCUT2D eigenvalue weighted by atomic mass is 32.2. The topological polar surface area (TPSA) is 55.4 Å². The number of hydrogen-bond acceptors (Lipinski definition) is 4. The number of benzene rings is 2. The largest absolute Gasteiger partial charge is 0.496 e. The molecule has 0 aromatic heterocycles. The third kappa shape index (κ3) is 3.32. The van der Waals surface area contributed by atoms with Crippen molar-refractivity contribution in [2.75, 3.05) is 13.4 Å². The lowest BCUT2D eigenvalue weighted by molar-refractivity contribution is 0.410. The molecule has 0 unspecified atom stereocenters. The minimum atomic E-state index is -3.15. The second-order valence-electron chi connectivity index (χ2n) is 6.35. The molecule has 1 N–H and O–H groups in total. The minimum absolute atomic E-state index is 0.140. The zero-order valence-corrected chi connectivity index (χ0v) is 15.1. The number of rotatable bonds is 5. The van der Waals surface area contributed by atoms with Crippen LogP contribution in [0.4, 0.5) is 0 Å². The summed E-state index contributed by atoms with van der Waals surface area (Å²) in [5, 5.41) is 3.66. The van der Waals surface area contributed by atoms with Crippen molar-refractivity contribution < 1.29 is 13.2 Å². The molecule has 24 heavy (non-hydrogen) atoms. The quantitative estimate of drug-likeness (QED) is 0.902. The zero-order valence-electron chi connectivity index (χ0n) is 14.2. The number of hydrogen-bond donors (Lipinski definition) is 1. The van der Waals surface area contributed by atoms with E-state index < -0.39 is 9.84 Å². The summed E-state index contributed by atoms with van der Waals surface area (Å²) in [5.74, 6) is 0.960. The lowest BCUT2D eigenvalue weighted by atomic mass is 10.0. The highest BCUT2D eigenvalue weighted by Crippen LogP contribution is 2.38. The van der Waals surface area contributed by atoms with Crippen LogP contribution in [0.25, 0.3) is 0 Å². The van der Waals surface area contributed by atoms with Gasteiger partial charge in [0.25, 0.3) is 0 Å². The summed E-state index contributed by atoms with van der Waals surface area (Å²) in [6, 6.07) is 13.7. The van der Waals surface area contributed by atoms with Gasteiger partial charge in [-0.15, -0.1) is 0 Å². The van der Waals surface area contributed by atoms with Crippen molar-refractivity contribution in [3.63, 3.8) is 0 Å². The van der Waals surface area contributed by atoms with Crippen LogP contribution in [-0.4, -0.2) is 21.8 Å². The van der Waals surface area contributed by atoms with E-state index >= 15 is 0 Å². The summed E-state index contributed by atoms with van der Waals surface area (Å²) >= 11 is 0. The molecular formula is C19H23NO3S. The van der Waals surface area contributed by atoms with E-state index in [2.05, 4.69) is 18.3 Å². The molecule has 128 valence electrons. The molecule has 1 aliphatic carbocycles. The van der Waals surface area contributed by atoms with Gasteiger partial charge in [-0.25, -0.2) is 8.42 Å². The Hall–Kier alpha value is -1.85. The van der Waals surface area contributed by atoms with Crippen LogP contribution in [0.5, 0.6) is 5.75 Å². The molecule has 0 spiro atoms. The monoisotopic (exact) mass is 345 g/mol. The highest BCUT2D eigenvalue weighted by molar-refractivity contribution is 7.90. The molecule has 0 saturated heterocycles. The average molecular weight is 345 g/mol. The van der Waals surface area contributed by atoms with E-state index in [0.29, 0.717) is 10.9 Å². The van der Waals surface area contributed by atoms with E-state index in [1.807, 2.05) is 24.3 Å². The molecule has 0 aliphatic heterocycles. The van der Waals surface area contributed by atoms with E-state index in [4.69, 9.17) is 4.74 Å². The summed E-state index contributed by atoms with van der Waals surface area (Å²) < 4.78 is 28.6. The number of methoxy groups -OCH3 is 1. The maximum absolute atomic E-state index is 11.6. The van der Waals surface area contributed by atoms with Gasteiger partial charge in [0.2, 0.25) is 0 Å². The van der Waals surface area contributed by atoms with Gasteiger partial charge < -0.3 is 10.1 Å². The Morgan fingerprint density at radius 2 is 1.88 bits per heavy atom. The maximum atomic E-state index is 11.6. The first kappa shape index (κ1) is 17.0. The smallest absolute Gasteiger partial charge is 0.175 e. The minimum Gasteiger partial charge on any atom is -0.496 e. The van der Waals surface area contributed by atoms with Crippen LogP contribution in [0.2, 0.25) is 0 Å². The van der Waals surface area contributed by atoms with Crippen molar-refractivity contribution in [1.82, 2.24) is 5.32 Å². The van der Waals surface area contributed by atoms with Crippen molar-refractivity contribution in [2.24, 2.45) is 0 Å². The molecule has 2 aromatic carbocycles. The number of nitrogens with one attached hydrogen (secondary N) is 1. The van der Waals surface area contributed by atoms with Gasteiger partial charge in [0.05, 0.1) is 12.0 Å². The van der Waals surface area contributed by atoms with Crippen molar-refractivity contribution >= 4 is 9.84 Å². The van der Waals surface area contributed by atoms with Crippen molar-refractivity contribution in [2.45, 2.75) is 36.7 Å². The first-order chi connectivity index (χ1) is 11.4. The predicted molar refractivity (Wildman–Crippen MR) is 95.2 cm³/mol. The Balaban J connectivity index is 1.76. The van der Waals surface area contributed by atoms with Crippen LogP contribution in [0, 0.1) is 0 Å². The van der Waals surface area contributed by atoms with Gasteiger partial charge >= 0.3 is 0 Å². The van der Waals surface area contributed by atoms with Gasteiger partial charge in [0.1, 0.15) is 5.75 Å². The van der Waals surface area contributed by atoms with Crippen molar-refractivity contribution in [3.8, 4) is 5.75 Å². The van der Waals surface area contributed by atoms with Gasteiger partial charge in [-0.2, -0.15) is 0 Å². The lowest BCUT2D eigenvalue weighted by Gasteiger charge is -2.21.